The number of hydrogen-bond donors (Lipinski definition) is 2. The Bertz CT molecular complexity index is 691. The first-order valence-corrected chi connectivity index (χ1v) is 6.05. The van der Waals surface area contributed by atoms with Gasteiger partial charge in [0.2, 0.25) is 0 Å². The third kappa shape index (κ3) is 2.67. The third-order valence-electron chi connectivity index (χ3n) is 2.85. The van der Waals surface area contributed by atoms with Crippen LogP contribution in [0.2, 0.25) is 0 Å². The molecule has 0 aliphatic rings. The summed E-state index contributed by atoms with van der Waals surface area (Å²) in [6.07, 6.45) is 0. The number of aromatic nitrogens is 2. The van der Waals surface area contributed by atoms with Gasteiger partial charge in [-0.1, -0.05) is 0 Å². The lowest BCUT2D eigenvalue weighted by Crippen LogP contribution is -2.06. The van der Waals surface area contributed by atoms with Crippen LogP contribution in [-0.2, 0) is 0 Å². The highest BCUT2D eigenvalue weighted by atomic mass is 19.1. The van der Waals surface area contributed by atoms with Crippen molar-refractivity contribution in [2.75, 3.05) is 17.7 Å². The van der Waals surface area contributed by atoms with Crippen molar-refractivity contribution >= 4 is 17.3 Å². The molecule has 2 aromatic rings. The van der Waals surface area contributed by atoms with E-state index in [0.717, 1.165) is 5.56 Å². The van der Waals surface area contributed by atoms with E-state index in [2.05, 4.69) is 20.6 Å². The molecule has 6 heteroatoms. The van der Waals surface area contributed by atoms with Crippen LogP contribution in [0.25, 0.3) is 0 Å². The Hall–Kier alpha value is -2.68. The second-order valence-electron chi connectivity index (χ2n) is 4.27. The van der Waals surface area contributed by atoms with Crippen LogP contribution in [0.3, 0.4) is 0 Å². The number of benzene rings is 1. The van der Waals surface area contributed by atoms with Gasteiger partial charge in [0.05, 0.1) is 17.3 Å². The van der Waals surface area contributed by atoms with Gasteiger partial charge in [0.1, 0.15) is 23.3 Å². The third-order valence-corrected chi connectivity index (χ3v) is 2.85. The Morgan fingerprint density at radius 2 is 1.90 bits per heavy atom. The fourth-order valence-electron chi connectivity index (χ4n) is 1.81. The summed E-state index contributed by atoms with van der Waals surface area (Å²) in [5.41, 5.74) is 1.34. The zero-order valence-electron chi connectivity index (χ0n) is 11.5. The Kier molecular flexibility index (Phi) is 3.80. The van der Waals surface area contributed by atoms with E-state index in [9.17, 15) is 4.39 Å². The van der Waals surface area contributed by atoms with Crippen LogP contribution in [0.15, 0.2) is 18.2 Å². The SMILES string of the molecule is CNc1nc(C)nc(Nc2ccc(C#N)cc2F)c1C. The van der Waals surface area contributed by atoms with Gasteiger partial charge >= 0.3 is 0 Å². The Morgan fingerprint density at radius 3 is 2.50 bits per heavy atom. The highest BCUT2D eigenvalue weighted by molar-refractivity contribution is 5.65. The summed E-state index contributed by atoms with van der Waals surface area (Å²) in [7, 11) is 1.76. The number of halogens is 1. The van der Waals surface area contributed by atoms with Gasteiger partial charge in [-0.2, -0.15) is 5.26 Å². The lowest BCUT2D eigenvalue weighted by molar-refractivity contribution is 0.631. The highest BCUT2D eigenvalue weighted by Gasteiger charge is 2.10. The molecule has 0 aliphatic carbocycles. The molecular weight excluding hydrogens is 257 g/mol. The number of rotatable bonds is 3. The molecule has 2 N–H and O–H groups in total. The van der Waals surface area contributed by atoms with Gasteiger partial charge in [0.15, 0.2) is 0 Å². The molecule has 0 radical (unpaired) electrons. The van der Waals surface area contributed by atoms with Gasteiger partial charge < -0.3 is 10.6 Å². The summed E-state index contributed by atoms with van der Waals surface area (Å²) >= 11 is 0. The number of aryl methyl sites for hydroxylation is 1. The smallest absolute Gasteiger partial charge is 0.147 e. The summed E-state index contributed by atoms with van der Waals surface area (Å²) < 4.78 is 13.9. The lowest BCUT2D eigenvalue weighted by atomic mass is 10.2. The van der Waals surface area contributed by atoms with Gasteiger partial charge in [-0.15, -0.1) is 0 Å². The Morgan fingerprint density at radius 1 is 1.20 bits per heavy atom. The van der Waals surface area contributed by atoms with Crippen molar-refractivity contribution in [3.05, 3.63) is 41.0 Å². The molecule has 5 nitrogen and oxygen atoms in total. The largest absolute Gasteiger partial charge is 0.373 e. The molecule has 0 amide bonds. The Balaban J connectivity index is 2.40. The van der Waals surface area contributed by atoms with E-state index in [1.807, 2.05) is 13.0 Å². The maximum atomic E-state index is 13.9. The van der Waals surface area contributed by atoms with Crippen LogP contribution in [0.1, 0.15) is 17.0 Å². The van der Waals surface area contributed by atoms with Crippen molar-refractivity contribution in [2.24, 2.45) is 0 Å². The van der Waals surface area contributed by atoms with Gasteiger partial charge in [0, 0.05) is 12.6 Å². The molecule has 0 fully saturated rings. The molecule has 0 aliphatic heterocycles. The van der Waals surface area contributed by atoms with E-state index in [-0.39, 0.29) is 11.3 Å². The first-order chi connectivity index (χ1) is 9.55. The second kappa shape index (κ2) is 5.53. The van der Waals surface area contributed by atoms with Crippen molar-refractivity contribution in [3.8, 4) is 6.07 Å². The quantitative estimate of drug-likeness (QED) is 0.898. The number of nitriles is 1. The summed E-state index contributed by atoms with van der Waals surface area (Å²) in [4.78, 5) is 8.51. The van der Waals surface area contributed by atoms with Gasteiger partial charge in [-0.25, -0.2) is 14.4 Å². The van der Waals surface area contributed by atoms with Gasteiger partial charge in [0.25, 0.3) is 0 Å². The molecule has 2 rings (SSSR count). The number of nitrogens with one attached hydrogen (secondary N) is 2. The van der Waals surface area contributed by atoms with E-state index >= 15 is 0 Å². The topological polar surface area (TPSA) is 73.6 Å². The second-order valence-corrected chi connectivity index (χ2v) is 4.27. The van der Waals surface area contributed by atoms with Crippen molar-refractivity contribution in [3.63, 3.8) is 0 Å². The molecule has 0 unspecified atom stereocenters. The maximum Gasteiger partial charge on any atom is 0.147 e. The number of nitrogens with zero attached hydrogens (tertiary/aromatic N) is 3. The van der Waals surface area contributed by atoms with Crippen LogP contribution < -0.4 is 10.6 Å². The standard InChI is InChI=1S/C14H14FN5/c1-8-13(17-3)18-9(2)19-14(8)20-12-5-4-10(7-16)6-11(12)15/h4-6H,1-3H3,(H2,17,18,19,20). The van der Waals surface area contributed by atoms with Crippen LogP contribution in [0.4, 0.5) is 21.7 Å². The molecule has 102 valence electrons. The average Bonchev–Trinajstić information content (AvgIpc) is 2.44. The van der Waals surface area contributed by atoms with Gasteiger partial charge in [-0.05, 0) is 32.0 Å². The first-order valence-electron chi connectivity index (χ1n) is 6.05. The molecule has 0 bridgehead atoms. The van der Waals surface area contributed by atoms with Gasteiger partial charge in [-0.3, -0.25) is 0 Å². The summed E-state index contributed by atoms with van der Waals surface area (Å²) in [6, 6.07) is 6.15. The van der Waals surface area contributed by atoms with E-state index in [0.29, 0.717) is 17.5 Å². The van der Waals surface area contributed by atoms with Crippen LogP contribution in [-0.4, -0.2) is 17.0 Å². The minimum atomic E-state index is -0.495. The molecule has 1 heterocycles. The van der Waals surface area contributed by atoms with Crippen molar-refractivity contribution in [1.82, 2.24) is 9.97 Å². The molecule has 20 heavy (non-hydrogen) atoms. The van der Waals surface area contributed by atoms with Crippen molar-refractivity contribution in [1.29, 1.82) is 5.26 Å². The van der Waals surface area contributed by atoms with Crippen LogP contribution in [0.5, 0.6) is 0 Å². The predicted molar refractivity (Wildman–Crippen MR) is 75.5 cm³/mol. The normalized spacial score (nSPS) is 9.95. The minimum absolute atomic E-state index is 0.271. The molecule has 0 saturated heterocycles. The molecule has 1 aromatic carbocycles. The average molecular weight is 271 g/mol. The zero-order valence-corrected chi connectivity index (χ0v) is 11.5. The van der Waals surface area contributed by atoms with Crippen LogP contribution >= 0.6 is 0 Å². The number of anilines is 3. The molecule has 0 atom stereocenters. The van der Waals surface area contributed by atoms with E-state index in [4.69, 9.17) is 5.26 Å². The zero-order chi connectivity index (χ0) is 14.7. The summed E-state index contributed by atoms with van der Waals surface area (Å²) in [5, 5.41) is 14.6. The van der Waals surface area contributed by atoms with E-state index < -0.39 is 5.82 Å². The fourth-order valence-corrected chi connectivity index (χ4v) is 1.81. The number of hydrogen-bond acceptors (Lipinski definition) is 5. The van der Waals surface area contributed by atoms with Crippen molar-refractivity contribution < 1.29 is 4.39 Å². The Labute approximate surface area is 116 Å². The van der Waals surface area contributed by atoms with Crippen LogP contribution in [0, 0.1) is 31.0 Å². The van der Waals surface area contributed by atoms with E-state index in [1.165, 1.54) is 12.1 Å². The first kappa shape index (κ1) is 13.7. The van der Waals surface area contributed by atoms with Crippen molar-refractivity contribution in [2.45, 2.75) is 13.8 Å². The fraction of sp³-hybridized carbons (Fsp3) is 0.214. The molecule has 1 aromatic heterocycles. The molecular formula is C14H14FN5. The highest BCUT2D eigenvalue weighted by Crippen LogP contribution is 2.25. The summed E-state index contributed by atoms with van der Waals surface area (Å²) in [5.74, 6) is 1.31. The maximum absolute atomic E-state index is 13.9. The predicted octanol–water partition coefficient (Wildman–Crippen LogP) is 2.89. The lowest BCUT2D eigenvalue weighted by Gasteiger charge is -2.13. The molecule has 0 saturated carbocycles. The monoisotopic (exact) mass is 271 g/mol. The summed E-state index contributed by atoms with van der Waals surface area (Å²) in [6.45, 7) is 3.61. The minimum Gasteiger partial charge on any atom is -0.373 e. The molecule has 0 spiro atoms. The van der Waals surface area contributed by atoms with E-state index in [1.54, 1.807) is 20.0 Å².